The van der Waals surface area contributed by atoms with Gasteiger partial charge >= 0.3 is 0 Å². The summed E-state index contributed by atoms with van der Waals surface area (Å²) in [5.74, 6) is -0.479. The van der Waals surface area contributed by atoms with Crippen molar-refractivity contribution < 1.29 is 14.1 Å². The first-order chi connectivity index (χ1) is 13.0. The fourth-order valence-corrected chi connectivity index (χ4v) is 5.67. The van der Waals surface area contributed by atoms with Crippen LogP contribution in [0.3, 0.4) is 0 Å². The number of aryl methyl sites for hydroxylation is 2. The van der Waals surface area contributed by atoms with Crippen molar-refractivity contribution in [2.45, 2.75) is 63.2 Å². The summed E-state index contributed by atoms with van der Waals surface area (Å²) >= 11 is 1.05. The minimum absolute atomic E-state index is 0.0278. The predicted molar refractivity (Wildman–Crippen MR) is 113 cm³/mol. The second kappa shape index (κ2) is 7.55. The molecule has 2 aromatic rings. The van der Waals surface area contributed by atoms with Crippen LogP contribution in [0.4, 0.5) is 5.69 Å². The molecular formula is C19H26N4O3S2. The van der Waals surface area contributed by atoms with Gasteiger partial charge in [-0.15, -0.1) is 11.3 Å². The monoisotopic (exact) mass is 422 g/mol. The highest BCUT2D eigenvalue weighted by Gasteiger charge is 2.26. The van der Waals surface area contributed by atoms with Crippen LogP contribution in [0.25, 0.3) is 0 Å². The molecule has 3 rings (SSSR count). The van der Waals surface area contributed by atoms with Crippen molar-refractivity contribution in [3.63, 3.8) is 0 Å². The lowest BCUT2D eigenvalue weighted by atomic mass is 10.1. The number of thiazole rings is 1. The fourth-order valence-electron chi connectivity index (χ4n) is 3.07. The number of fused-ring (bicyclic) bond motifs is 1. The van der Waals surface area contributed by atoms with E-state index in [-0.39, 0.29) is 9.07 Å². The molecule has 0 saturated heterocycles. The summed E-state index contributed by atoms with van der Waals surface area (Å²) in [4.78, 5) is 21.6. The number of rotatable bonds is 5. The number of hydrogen-bond donors (Lipinski definition) is 3. The van der Waals surface area contributed by atoms with E-state index in [1.165, 1.54) is 13.1 Å². The van der Waals surface area contributed by atoms with Crippen molar-refractivity contribution in [3.05, 3.63) is 34.2 Å². The molecule has 4 N–H and O–H groups in total. The first-order valence-corrected chi connectivity index (χ1v) is 11.6. The molecule has 0 saturated carbocycles. The van der Waals surface area contributed by atoms with Crippen LogP contribution >= 0.6 is 11.3 Å². The van der Waals surface area contributed by atoms with Crippen LogP contribution in [0.5, 0.6) is 0 Å². The van der Waals surface area contributed by atoms with Gasteiger partial charge in [-0.1, -0.05) is 6.92 Å². The Bertz CT molecular complexity index is 1040. The van der Waals surface area contributed by atoms with E-state index in [9.17, 15) is 14.1 Å². The maximum absolute atomic E-state index is 13.2. The number of hydrogen-bond acceptors (Lipinski definition) is 6. The molecule has 2 heterocycles. The number of nitrogens with two attached hydrogens (primary N) is 1. The van der Waals surface area contributed by atoms with E-state index in [1.54, 1.807) is 13.8 Å². The van der Waals surface area contributed by atoms with Crippen molar-refractivity contribution >= 4 is 37.5 Å². The molecule has 7 nitrogen and oxygen atoms in total. The summed E-state index contributed by atoms with van der Waals surface area (Å²) in [5, 5.41) is 19.4. The van der Waals surface area contributed by atoms with Crippen LogP contribution in [-0.2, 0) is 39.4 Å². The standard InChI is InChI=1S/C19H26N4O3S2/c1-5-12-9-15(13-7-6-8-14(13)22-12)23-17(24)11(2)28(20,26)16-10-21-18(27-16)19(3,4)25/h9-10,25H,5-8H2,1-4H3,(H2,20,26)(H,22,23,24). The number of carbonyl (C=O) groups is 1. The van der Waals surface area contributed by atoms with E-state index in [0.29, 0.717) is 5.01 Å². The van der Waals surface area contributed by atoms with E-state index in [1.807, 2.05) is 13.0 Å². The second-order valence-corrected chi connectivity index (χ2v) is 11.0. The van der Waals surface area contributed by atoms with Crippen molar-refractivity contribution in [1.29, 1.82) is 0 Å². The minimum atomic E-state index is -3.24. The van der Waals surface area contributed by atoms with E-state index >= 15 is 0 Å². The number of amides is 1. The molecule has 1 aliphatic carbocycles. The van der Waals surface area contributed by atoms with Gasteiger partial charge in [-0.05, 0) is 58.1 Å². The number of aromatic nitrogens is 2. The van der Waals surface area contributed by atoms with E-state index in [0.717, 1.165) is 59.7 Å². The van der Waals surface area contributed by atoms with Gasteiger partial charge in [0.2, 0.25) is 0 Å². The maximum atomic E-state index is 13.2. The van der Waals surface area contributed by atoms with Gasteiger partial charge in [-0.25, -0.2) is 9.19 Å². The number of nitrogens with one attached hydrogen (secondary N) is 1. The Morgan fingerprint density at radius 1 is 1.43 bits per heavy atom. The molecule has 1 amide bonds. The number of nitrogens with zero attached hydrogens (tertiary/aromatic N) is 2. The van der Waals surface area contributed by atoms with Gasteiger partial charge in [0, 0.05) is 17.1 Å². The van der Waals surface area contributed by atoms with Crippen molar-refractivity contribution in [2.75, 3.05) is 5.32 Å². The number of pyridine rings is 1. The first-order valence-electron chi connectivity index (χ1n) is 9.21. The Hall–Kier alpha value is -1.81. The first kappa shape index (κ1) is 20.9. The molecule has 1 unspecified atom stereocenters. The number of carbonyl (C=O) groups excluding carboxylic acids is 1. The number of aliphatic hydroxyl groups is 1. The van der Waals surface area contributed by atoms with Gasteiger partial charge in [-0.3, -0.25) is 14.9 Å². The molecule has 0 fully saturated rings. The van der Waals surface area contributed by atoms with Gasteiger partial charge in [-0.2, -0.15) is 0 Å². The Balaban J connectivity index is 1.95. The van der Waals surface area contributed by atoms with Crippen LogP contribution in [0, 0.1) is 0 Å². The Labute approximate surface area is 169 Å². The predicted octanol–water partition coefficient (Wildman–Crippen LogP) is 2.16. The molecule has 28 heavy (non-hydrogen) atoms. The van der Waals surface area contributed by atoms with Crippen molar-refractivity contribution in [3.8, 4) is 0 Å². The van der Waals surface area contributed by atoms with Crippen LogP contribution in [0.2, 0.25) is 0 Å². The molecule has 1 aliphatic rings. The van der Waals surface area contributed by atoms with Gasteiger partial charge in [0.15, 0.2) is 0 Å². The van der Waals surface area contributed by atoms with Crippen molar-refractivity contribution in [2.24, 2.45) is 5.14 Å². The zero-order valence-corrected chi connectivity index (χ0v) is 18.2. The molecule has 0 aliphatic heterocycles. The van der Waals surface area contributed by atoms with Crippen LogP contribution in [0.1, 0.15) is 56.1 Å². The van der Waals surface area contributed by atoms with E-state index < -0.39 is 21.2 Å². The van der Waals surface area contributed by atoms with Crippen LogP contribution in [0.15, 0.2) is 16.5 Å². The Kier molecular flexibility index (Phi) is 5.64. The Morgan fingerprint density at radius 3 is 2.75 bits per heavy atom. The normalized spacial score (nSPS) is 15.8. The van der Waals surface area contributed by atoms with Gasteiger partial charge in [0.25, 0.3) is 5.91 Å². The molecule has 0 bridgehead atoms. The quantitative estimate of drug-likeness (QED) is 0.638. The lowest BCUT2D eigenvalue weighted by Crippen LogP contribution is -2.31. The smallest absolute Gasteiger partial charge is 0.260 e. The molecular weight excluding hydrogens is 396 g/mol. The number of anilines is 1. The van der Waals surface area contributed by atoms with Gasteiger partial charge < -0.3 is 10.4 Å². The zero-order valence-electron chi connectivity index (χ0n) is 16.5. The van der Waals surface area contributed by atoms with E-state index in [4.69, 9.17) is 5.14 Å². The van der Waals surface area contributed by atoms with Gasteiger partial charge in [0.05, 0.1) is 20.8 Å². The largest absolute Gasteiger partial charge is 0.383 e. The second-order valence-electron chi connectivity index (χ2n) is 7.45. The highest BCUT2D eigenvalue weighted by atomic mass is 32.2. The van der Waals surface area contributed by atoms with Gasteiger partial charge in [0.1, 0.15) is 14.8 Å². The zero-order chi connectivity index (χ0) is 20.7. The maximum Gasteiger partial charge on any atom is 0.260 e. The summed E-state index contributed by atoms with van der Waals surface area (Å²) < 4.78 is 13.4. The van der Waals surface area contributed by atoms with E-state index in [2.05, 4.69) is 15.3 Å². The Morgan fingerprint density at radius 2 is 2.14 bits per heavy atom. The van der Waals surface area contributed by atoms with Crippen LogP contribution < -0.4 is 10.5 Å². The molecule has 0 radical (unpaired) electrons. The van der Waals surface area contributed by atoms with Crippen molar-refractivity contribution in [1.82, 2.24) is 9.97 Å². The highest BCUT2D eigenvalue weighted by molar-refractivity contribution is 8.03. The lowest BCUT2D eigenvalue weighted by Gasteiger charge is -2.14. The molecule has 1 atom stereocenters. The summed E-state index contributed by atoms with van der Waals surface area (Å²) in [6.45, 7) is 6.67. The molecule has 2 aromatic heterocycles. The summed E-state index contributed by atoms with van der Waals surface area (Å²) in [5.41, 5.74) is 2.55. The summed E-state index contributed by atoms with van der Waals surface area (Å²) in [7, 11) is -3.24. The lowest BCUT2D eigenvalue weighted by molar-refractivity contribution is -0.110. The third-order valence-corrected chi connectivity index (χ3v) is 8.69. The third kappa shape index (κ3) is 3.98. The van der Waals surface area contributed by atoms with Crippen LogP contribution in [-0.4, -0.2) is 30.1 Å². The average molecular weight is 423 g/mol. The fraction of sp³-hybridized carbons (Fsp3) is 0.474. The third-order valence-electron chi connectivity index (χ3n) is 4.80. The molecule has 9 heteroatoms. The summed E-state index contributed by atoms with van der Waals surface area (Å²) in [6, 6.07) is 1.88. The highest BCUT2D eigenvalue weighted by Crippen LogP contribution is 2.30. The molecule has 152 valence electrons. The molecule has 0 aromatic carbocycles. The topological polar surface area (TPSA) is 118 Å². The minimum Gasteiger partial charge on any atom is -0.383 e. The average Bonchev–Trinajstić information content (AvgIpc) is 3.29. The molecule has 0 spiro atoms. The summed E-state index contributed by atoms with van der Waals surface area (Å²) in [6.07, 6.45) is 4.92. The SMILES string of the molecule is CCc1cc(NC(=O)C(C)=S(N)(=O)c2cnc(C(C)(C)O)s2)c2c(n1)CCC2.